The molecule has 0 aliphatic carbocycles. The number of amides is 1. The average Bonchev–Trinajstić information content (AvgIpc) is 2.49. The Hall–Kier alpha value is -2.82. The van der Waals surface area contributed by atoms with Crippen molar-refractivity contribution >= 4 is 17.6 Å². The number of hydrogen-bond acceptors (Lipinski definition) is 4. The minimum atomic E-state index is -0.635. The third-order valence-corrected chi connectivity index (χ3v) is 2.69. The first kappa shape index (κ1) is 13.6. The summed E-state index contributed by atoms with van der Waals surface area (Å²) in [5.41, 5.74) is 0.844. The molecule has 0 saturated carbocycles. The van der Waals surface area contributed by atoms with Crippen LogP contribution in [0.4, 0.5) is 5.69 Å². The summed E-state index contributed by atoms with van der Waals surface area (Å²) in [7, 11) is 1.23. The molecule has 102 valence electrons. The Kier molecular flexibility index (Phi) is 4.00. The summed E-state index contributed by atoms with van der Waals surface area (Å²) < 4.78 is 4.62. The van der Waals surface area contributed by atoms with Crippen LogP contribution in [0.15, 0.2) is 48.5 Å². The van der Waals surface area contributed by atoms with Gasteiger partial charge >= 0.3 is 5.97 Å². The van der Waals surface area contributed by atoms with E-state index in [1.54, 1.807) is 30.3 Å². The summed E-state index contributed by atoms with van der Waals surface area (Å²) in [6.07, 6.45) is 0. The molecule has 0 fully saturated rings. The molecule has 0 atom stereocenters. The van der Waals surface area contributed by atoms with Gasteiger partial charge in [-0.3, -0.25) is 4.79 Å². The van der Waals surface area contributed by atoms with Gasteiger partial charge in [-0.05, 0) is 30.3 Å². The van der Waals surface area contributed by atoms with Crippen LogP contribution in [0.3, 0.4) is 0 Å². The second-order valence-corrected chi connectivity index (χ2v) is 4.04. The first-order chi connectivity index (χ1) is 9.61. The number of methoxy groups -OCH3 is 1. The van der Waals surface area contributed by atoms with Crippen LogP contribution in [0.5, 0.6) is 5.75 Å². The lowest BCUT2D eigenvalue weighted by atomic mass is 10.1. The van der Waals surface area contributed by atoms with Crippen molar-refractivity contribution in [1.82, 2.24) is 0 Å². The number of rotatable bonds is 3. The zero-order chi connectivity index (χ0) is 14.5. The van der Waals surface area contributed by atoms with Crippen molar-refractivity contribution in [3.63, 3.8) is 0 Å². The van der Waals surface area contributed by atoms with Gasteiger partial charge in [0.2, 0.25) is 0 Å². The van der Waals surface area contributed by atoms with Crippen LogP contribution in [0.25, 0.3) is 0 Å². The highest BCUT2D eigenvalue weighted by Gasteiger charge is 2.15. The number of carbonyl (C=O) groups is 2. The fourth-order valence-corrected chi connectivity index (χ4v) is 1.70. The van der Waals surface area contributed by atoms with E-state index in [1.165, 1.54) is 25.3 Å². The maximum absolute atomic E-state index is 12.0. The summed E-state index contributed by atoms with van der Waals surface area (Å²) >= 11 is 0. The van der Waals surface area contributed by atoms with Gasteiger partial charge in [-0.15, -0.1) is 0 Å². The molecule has 5 nitrogen and oxygen atoms in total. The van der Waals surface area contributed by atoms with Crippen LogP contribution in [0.2, 0.25) is 0 Å². The number of anilines is 1. The lowest BCUT2D eigenvalue weighted by molar-refractivity contribution is 0.0601. The molecule has 0 bridgehead atoms. The number of carbonyl (C=O) groups excluding carboxylic acids is 2. The van der Waals surface area contributed by atoms with Crippen molar-refractivity contribution in [2.24, 2.45) is 0 Å². The zero-order valence-corrected chi connectivity index (χ0v) is 10.8. The van der Waals surface area contributed by atoms with Crippen LogP contribution in [-0.2, 0) is 4.74 Å². The molecular weight excluding hydrogens is 258 g/mol. The average molecular weight is 271 g/mol. The predicted molar refractivity (Wildman–Crippen MR) is 73.8 cm³/mol. The maximum atomic E-state index is 12.0. The van der Waals surface area contributed by atoms with Gasteiger partial charge < -0.3 is 15.2 Å². The molecule has 0 aromatic heterocycles. The van der Waals surface area contributed by atoms with E-state index in [2.05, 4.69) is 10.1 Å². The third-order valence-electron chi connectivity index (χ3n) is 2.69. The molecule has 5 heteroatoms. The molecule has 0 spiro atoms. The number of aromatic hydroxyl groups is 1. The van der Waals surface area contributed by atoms with Gasteiger partial charge in [0, 0.05) is 5.56 Å². The Morgan fingerprint density at radius 3 is 2.45 bits per heavy atom. The fourth-order valence-electron chi connectivity index (χ4n) is 1.70. The van der Waals surface area contributed by atoms with E-state index in [0.717, 1.165) is 0 Å². The number of phenolic OH excluding ortho intramolecular Hbond substituents is 1. The van der Waals surface area contributed by atoms with Crippen molar-refractivity contribution in [3.05, 3.63) is 59.7 Å². The molecule has 0 aliphatic heterocycles. The van der Waals surface area contributed by atoms with E-state index >= 15 is 0 Å². The summed E-state index contributed by atoms with van der Waals surface area (Å²) in [5, 5.41) is 12.0. The van der Waals surface area contributed by atoms with Gasteiger partial charge in [-0.25, -0.2) is 4.79 Å². The van der Waals surface area contributed by atoms with E-state index in [9.17, 15) is 14.7 Å². The van der Waals surface area contributed by atoms with Crippen molar-refractivity contribution in [1.29, 1.82) is 0 Å². The smallest absolute Gasteiger partial charge is 0.340 e. The van der Waals surface area contributed by atoms with E-state index in [4.69, 9.17) is 0 Å². The molecule has 20 heavy (non-hydrogen) atoms. The maximum Gasteiger partial charge on any atom is 0.340 e. The second-order valence-electron chi connectivity index (χ2n) is 4.04. The molecule has 2 aromatic rings. The van der Waals surface area contributed by atoms with E-state index in [1.807, 2.05) is 0 Å². The fraction of sp³-hybridized carbons (Fsp3) is 0.0667. The van der Waals surface area contributed by atoms with Crippen molar-refractivity contribution < 1.29 is 19.4 Å². The Morgan fingerprint density at radius 1 is 1.10 bits per heavy atom. The minimum Gasteiger partial charge on any atom is -0.508 e. The molecule has 2 rings (SSSR count). The first-order valence-electron chi connectivity index (χ1n) is 5.89. The van der Waals surface area contributed by atoms with Crippen LogP contribution >= 0.6 is 0 Å². The predicted octanol–water partition coefficient (Wildman–Crippen LogP) is 2.43. The van der Waals surface area contributed by atoms with Gasteiger partial charge in [-0.2, -0.15) is 0 Å². The summed E-state index contributed by atoms with van der Waals surface area (Å²) in [6, 6.07) is 12.7. The van der Waals surface area contributed by atoms with Crippen molar-refractivity contribution in [2.45, 2.75) is 0 Å². The van der Waals surface area contributed by atoms with Crippen molar-refractivity contribution in [3.8, 4) is 5.75 Å². The monoisotopic (exact) mass is 271 g/mol. The standard InChI is InChI=1S/C15H13NO4/c1-20-15(19)12-9-11(17)7-8-13(12)16-14(18)10-5-3-2-4-6-10/h2-9,17H,1H3,(H,16,18). The Bertz CT molecular complexity index is 638. The molecule has 1 amide bonds. The number of esters is 1. The zero-order valence-electron chi connectivity index (χ0n) is 10.8. The normalized spacial score (nSPS) is 9.85. The number of hydrogen-bond donors (Lipinski definition) is 2. The molecule has 0 saturated heterocycles. The number of benzene rings is 2. The first-order valence-corrected chi connectivity index (χ1v) is 5.89. The van der Waals surface area contributed by atoms with Crippen LogP contribution < -0.4 is 5.32 Å². The van der Waals surface area contributed by atoms with Crippen LogP contribution in [0, 0.1) is 0 Å². The number of ether oxygens (including phenoxy) is 1. The van der Waals surface area contributed by atoms with E-state index in [0.29, 0.717) is 5.56 Å². The summed E-state index contributed by atoms with van der Waals surface area (Å²) in [5.74, 6) is -1.06. The highest BCUT2D eigenvalue weighted by atomic mass is 16.5. The van der Waals surface area contributed by atoms with Crippen LogP contribution in [-0.4, -0.2) is 24.1 Å². The molecule has 0 radical (unpaired) electrons. The Balaban J connectivity index is 2.30. The lowest BCUT2D eigenvalue weighted by Crippen LogP contribution is -2.15. The molecular formula is C15H13NO4. The van der Waals surface area contributed by atoms with Gasteiger partial charge in [0.25, 0.3) is 5.91 Å². The molecule has 0 unspecified atom stereocenters. The SMILES string of the molecule is COC(=O)c1cc(O)ccc1NC(=O)c1ccccc1. The van der Waals surface area contributed by atoms with Crippen LogP contribution in [0.1, 0.15) is 20.7 Å². The number of phenols is 1. The highest BCUT2D eigenvalue weighted by molar-refractivity contribution is 6.08. The topological polar surface area (TPSA) is 75.6 Å². The summed E-state index contributed by atoms with van der Waals surface area (Å²) in [4.78, 5) is 23.7. The largest absolute Gasteiger partial charge is 0.508 e. The van der Waals surface area contributed by atoms with Gasteiger partial charge in [0.05, 0.1) is 18.4 Å². The molecule has 2 N–H and O–H groups in total. The highest BCUT2D eigenvalue weighted by Crippen LogP contribution is 2.22. The number of nitrogens with one attached hydrogen (secondary N) is 1. The summed E-state index contributed by atoms with van der Waals surface area (Å²) in [6.45, 7) is 0. The quantitative estimate of drug-likeness (QED) is 0.664. The molecule has 2 aromatic carbocycles. The molecule has 0 heterocycles. The van der Waals surface area contributed by atoms with Crippen molar-refractivity contribution in [2.75, 3.05) is 12.4 Å². The van der Waals surface area contributed by atoms with E-state index < -0.39 is 5.97 Å². The van der Waals surface area contributed by atoms with Gasteiger partial charge in [0.15, 0.2) is 0 Å². The third kappa shape index (κ3) is 2.95. The minimum absolute atomic E-state index is 0.0805. The second kappa shape index (κ2) is 5.88. The lowest BCUT2D eigenvalue weighted by Gasteiger charge is -2.10. The Labute approximate surface area is 115 Å². The Morgan fingerprint density at radius 2 is 1.80 bits per heavy atom. The van der Waals surface area contributed by atoms with Gasteiger partial charge in [-0.1, -0.05) is 18.2 Å². The van der Waals surface area contributed by atoms with E-state index in [-0.39, 0.29) is 22.9 Å². The molecule has 0 aliphatic rings. The van der Waals surface area contributed by atoms with Gasteiger partial charge in [0.1, 0.15) is 5.75 Å².